The van der Waals surface area contributed by atoms with Crippen molar-refractivity contribution < 1.29 is 22.7 Å². The van der Waals surface area contributed by atoms with Crippen LogP contribution in [-0.2, 0) is 14.6 Å². The highest BCUT2D eigenvalue weighted by atomic mass is 35.5. The highest BCUT2D eigenvalue weighted by Gasteiger charge is 2.31. The minimum absolute atomic E-state index is 0.0851. The van der Waals surface area contributed by atoms with Crippen molar-refractivity contribution in [1.82, 2.24) is 10.3 Å². The molecule has 0 bridgehead atoms. The lowest BCUT2D eigenvalue weighted by Gasteiger charge is -2.21. The second-order valence-electron chi connectivity index (χ2n) is 5.87. The van der Waals surface area contributed by atoms with E-state index in [1.165, 1.54) is 18.3 Å². The smallest absolute Gasteiger partial charge is 0.221 e. The molecule has 0 radical (unpaired) electrons. The molecule has 0 unspecified atom stereocenters. The van der Waals surface area contributed by atoms with E-state index in [4.69, 9.17) is 21.1 Å². The largest absolute Gasteiger partial charge is 0.486 e. The number of amides is 1. The van der Waals surface area contributed by atoms with E-state index in [0.29, 0.717) is 30.3 Å². The van der Waals surface area contributed by atoms with Crippen LogP contribution >= 0.6 is 11.6 Å². The molecule has 3 rings (SSSR count). The Hall–Kier alpha value is -2.32. The van der Waals surface area contributed by atoms with Crippen molar-refractivity contribution in [2.24, 2.45) is 0 Å². The zero-order chi connectivity index (χ0) is 19.3. The van der Waals surface area contributed by atoms with Crippen molar-refractivity contribution in [1.29, 1.82) is 0 Å². The Morgan fingerprint density at radius 2 is 2.00 bits per heavy atom. The quantitative estimate of drug-likeness (QED) is 0.702. The van der Waals surface area contributed by atoms with Crippen LogP contribution in [0.1, 0.15) is 17.2 Å². The third-order valence-corrected chi connectivity index (χ3v) is 6.37. The molecule has 9 heteroatoms. The molecule has 1 aliphatic heterocycles. The Morgan fingerprint density at radius 1 is 1.22 bits per heavy atom. The molecule has 1 aliphatic rings. The number of fused-ring (bicyclic) bond motifs is 1. The van der Waals surface area contributed by atoms with Gasteiger partial charge in [-0.15, -0.1) is 11.6 Å². The van der Waals surface area contributed by atoms with Crippen LogP contribution in [0.15, 0.2) is 47.6 Å². The number of aromatic nitrogens is 1. The van der Waals surface area contributed by atoms with E-state index >= 15 is 0 Å². The summed E-state index contributed by atoms with van der Waals surface area (Å²) >= 11 is 5.57. The fourth-order valence-corrected chi connectivity index (χ4v) is 4.55. The van der Waals surface area contributed by atoms with Crippen molar-refractivity contribution >= 4 is 27.3 Å². The summed E-state index contributed by atoms with van der Waals surface area (Å²) in [5, 5.41) is 1.64. The van der Waals surface area contributed by atoms with Crippen LogP contribution in [0.3, 0.4) is 0 Å². The van der Waals surface area contributed by atoms with Crippen LogP contribution in [0.25, 0.3) is 0 Å². The first-order valence-corrected chi connectivity index (χ1v) is 10.5. The van der Waals surface area contributed by atoms with Gasteiger partial charge in [0.2, 0.25) is 5.91 Å². The molecule has 0 saturated carbocycles. The number of rotatable bonds is 7. The predicted octanol–water partition coefficient (Wildman–Crippen LogP) is 2.11. The Labute approximate surface area is 162 Å². The van der Waals surface area contributed by atoms with E-state index in [2.05, 4.69) is 10.3 Å². The fourth-order valence-electron chi connectivity index (χ4n) is 2.72. The number of carbonyl (C=O) groups is 1. The standard InChI is InChI=1S/C18H19ClN2O5S/c19-6-5-18(22)21-12-17(13-2-1-7-20-11-13)27(23,24)14-3-4-15-16(10-14)26-9-8-25-15/h1-4,7,10-11,17H,5-6,8-9,12H2,(H,21,22)/t17-/m0/s1. The van der Waals surface area contributed by atoms with Crippen LogP contribution in [0, 0.1) is 0 Å². The lowest BCUT2D eigenvalue weighted by Crippen LogP contribution is -2.32. The second kappa shape index (κ2) is 8.58. The highest BCUT2D eigenvalue weighted by Crippen LogP contribution is 2.36. The van der Waals surface area contributed by atoms with E-state index in [0.717, 1.165) is 0 Å². The zero-order valence-corrected chi connectivity index (χ0v) is 16.0. The van der Waals surface area contributed by atoms with Gasteiger partial charge in [-0.2, -0.15) is 0 Å². The first kappa shape index (κ1) is 19.4. The van der Waals surface area contributed by atoms with Gasteiger partial charge in [-0.25, -0.2) is 8.42 Å². The Bertz CT molecular complexity index is 905. The van der Waals surface area contributed by atoms with Crippen molar-refractivity contribution in [3.8, 4) is 11.5 Å². The van der Waals surface area contributed by atoms with E-state index in [1.807, 2.05) is 0 Å². The minimum Gasteiger partial charge on any atom is -0.486 e. The number of pyridine rings is 1. The lowest BCUT2D eigenvalue weighted by atomic mass is 10.2. The average Bonchev–Trinajstić information content (AvgIpc) is 2.68. The predicted molar refractivity (Wildman–Crippen MR) is 99.9 cm³/mol. The molecular weight excluding hydrogens is 392 g/mol. The highest BCUT2D eigenvalue weighted by molar-refractivity contribution is 7.91. The molecule has 144 valence electrons. The zero-order valence-electron chi connectivity index (χ0n) is 14.4. The molecule has 1 aromatic carbocycles. The van der Waals surface area contributed by atoms with Gasteiger partial charge in [-0.05, 0) is 23.8 Å². The number of nitrogens with one attached hydrogen (secondary N) is 1. The normalized spacial score (nSPS) is 14.4. The summed E-state index contributed by atoms with van der Waals surface area (Å²) in [6.45, 7) is 0.694. The molecule has 7 nitrogen and oxygen atoms in total. The molecule has 1 atom stereocenters. The topological polar surface area (TPSA) is 94.6 Å². The van der Waals surface area contributed by atoms with Crippen LogP contribution in [-0.4, -0.2) is 44.9 Å². The van der Waals surface area contributed by atoms with Crippen LogP contribution in [0.5, 0.6) is 11.5 Å². The van der Waals surface area contributed by atoms with Crippen molar-refractivity contribution in [2.45, 2.75) is 16.6 Å². The van der Waals surface area contributed by atoms with Gasteiger partial charge in [0, 0.05) is 37.3 Å². The maximum atomic E-state index is 13.3. The fraction of sp³-hybridized carbons (Fsp3) is 0.333. The molecule has 1 amide bonds. The summed E-state index contributed by atoms with van der Waals surface area (Å²) in [6, 6.07) is 7.83. The number of sulfone groups is 1. The van der Waals surface area contributed by atoms with Crippen LogP contribution in [0.2, 0.25) is 0 Å². The maximum absolute atomic E-state index is 13.3. The van der Waals surface area contributed by atoms with Gasteiger partial charge < -0.3 is 14.8 Å². The Kier molecular flexibility index (Phi) is 6.18. The first-order valence-electron chi connectivity index (χ1n) is 8.38. The van der Waals surface area contributed by atoms with Gasteiger partial charge >= 0.3 is 0 Å². The molecule has 0 aliphatic carbocycles. The lowest BCUT2D eigenvalue weighted by molar-refractivity contribution is -0.120. The summed E-state index contributed by atoms with van der Waals surface area (Å²) in [5.41, 5.74) is 0.485. The minimum atomic E-state index is -3.82. The summed E-state index contributed by atoms with van der Waals surface area (Å²) in [5.74, 6) is 0.751. The number of halogens is 1. The van der Waals surface area contributed by atoms with Gasteiger partial charge in [-0.3, -0.25) is 9.78 Å². The van der Waals surface area contributed by atoms with Gasteiger partial charge in [0.1, 0.15) is 18.5 Å². The summed E-state index contributed by atoms with van der Waals surface area (Å²) in [7, 11) is -3.82. The van der Waals surface area contributed by atoms with Gasteiger partial charge in [-0.1, -0.05) is 6.07 Å². The van der Waals surface area contributed by atoms with Crippen LogP contribution < -0.4 is 14.8 Å². The third-order valence-electron chi connectivity index (χ3n) is 4.08. The molecule has 2 aromatic rings. The SMILES string of the molecule is O=C(CCCl)NC[C@@H](c1cccnc1)S(=O)(=O)c1ccc2c(c1)OCCO2. The molecule has 27 heavy (non-hydrogen) atoms. The molecule has 0 fully saturated rings. The van der Waals surface area contributed by atoms with Gasteiger partial charge in [0.05, 0.1) is 4.90 Å². The summed E-state index contributed by atoms with van der Waals surface area (Å²) in [4.78, 5) is 15.9. The number of alkyl halides is 1. The third kappa shape index (κ3) is 4.51. The second-order valence-corrected chi connectivity index (χ2v) is 8.38. The summed E-state index contributed by atoms with van der Waals surface area (Å²) in [6.07, 6.45) is 3.16. The number of carbonyl (C=O) groups excluding carboxylic acids is 1. The molecule has 0 saturated heterocycles. The number of hydrogen-bond donors (Lipinski definition) is 1. The molecule has 1 aromatic heterocycles. The van der Waals surface area contributed by atoms with E-state index in [9.17, 15) is 13.2 Å². The van der Waals surface area contributed by atoms with E-state index in [1.54, 1.807) is 24.4 Å². The Morgan fingerprint density at radius 3 is 2.70 bits per heavy atom. The number of nitrogens with zero attached hydrogens (tertiary/aromatic N) is 1. The van der Waals surface area contributed by atoms with Gasteiger partial charge in [0.25, 0.3) is 0 Å². The Balaban J connectivity index is 1.93. The maximum Gasteiger partial charge on any atom is 0.221 e. The van der Waals surface area contributed by atoms with E-state index < -0.39 is 15.1 Å². The van der Waals surface area contributed by atoms with Crippen molar-refractivity contribution in [3.63, 3.8) is 0 Å². The number of benzene rings is 1. The van der Waals surface area contributed by atoms with Crippen molar-refractivity contribution in [2.75, 3.05) is 25.6 Å². The van der Waals surface area contributed by atoms with E-state index in [-0.39, 0.29) is 29.6 Å². The molecular formula is C18H19ClN2O5S. The summed E-state index contributed by atoms with van der Waals surface area (Å²) < 4.78 is 37.5. The molecule has 2 heterocycles. The molecule has 0 spiro atoms. The average molecular weight is 411 g/mol. The van der Waals surface area contributed by atoms with Crippen molar-refractivity contribution in [3.05, 3.63) is 48.3 Å². The first-order chi connectivity index (χ1) is 13.0. The number of ether oxygens (including phenoxy) is 2. The molecule has 1 N–H and O–H groups in total. The van der Waals surface area contributed by atoms with Gasteiger partial charge in [0.15, 0.2) is 21.3 Å². The monoisotopic (exact) mass is 410 g/mol. The van der Waals surface area contributed by atoms with Crippen LogP contribution in [0.4, 0.5) is 0 Å². The number of hydrogen-bond acceptors (Lipinski definition) is 6.